The highest BCUT2D eigenvalue weighted by Gasteiger charge is 2.33. The summed E-state index contributed by atoms with van der Waals surface area (Å²) in [6.45, 7) is 4.94. The van der Waals surface area contributed by atoms with Gasteiger partial charge < -0.3 is 14.4 Å². The second-order valence-electron chi connectivity index (χ2n) is 7.09. The Bertz CT molecular complexity index is 1120. The Kier molecular flexibility index (Phi) is 8.67. The average molecular weight is 500 g/mol. The van der Waals surface area contributed by atoms with Crippen LogP contribution in [0.4, 0.5) is 0 Å². The minimum atomic E-state index is -0.430. The number of thioether (sulfide) groups is 1. The molecule has 2 aromatic rings. The zero-order valence-corrected chi connectivity index (χ0v) is 20.7. The molecule has 34 heavy (non-hydrogen) atoms. The number of rotatable bonds is 9. The van der Waals surface area contributed by atoms with Gasteiger partial charge in [-0.15, -0.1) is 0 Å². The van der Waals surface area contributed by atoms with Crippen LogP contribution >= 0.6 is 24.0 Å². The molecule has 3 amide bonds. The van der Waals surface area contributed by atoms with Crippen LogP contribution in [0, 0.1) is 0 Å². The lowest BCUT2D eigenvalue weighted by atomic mass is 10.2. The Hall–Kier alpha value is -3.37. The van der Waals surface area contributed by atoms with Gasteiger partial charge in [-0.2, -0.15) is 5.01 Å². The van der Waals surface area contributed by atoms with Crippen molar-refractivity contribution in [1.29, 1.82) is 0 Å². The number of nitrogens with zero attached hydrogens (tertiary/aromatic N) is 2. The van der Waals surface area contributed by atoms with Crippen molar-refractivity contribution in [3.63, 3.8) is 0 Å². The molecule has 1 fully saturated rings. The van der Waals surface area contributed by atoms with E-state index < -0.39 is 11.8 Å². The molecule has 1 N–H and O–H groups in total. The number of hydrogen-bond donors (Lipinski definition) is 1. The van der Waals surface area contributed by atoms with Crippen molar-refractivity contribution >= 4 is 52.1 Å². The SMILES string of the molecule is CCN(CC)C(=O)COc1ccc(/C=C2/SC(=S)N(NC(=O)c3ccccc3)C2=O)cc1OC. The molecule has 0 aliphatic carbocycles. The van der Waals surface area contributed by atoms with Crippen LogP contribution in [-0.2, 0) is 9.59 Å². The van der Waals surface area contributed by atoms with Crippen molar-refractivity contribution in [1.82, 2.24) is 15.3 Å². The van der Waals surface area contributed by atoms with Gasteiger partial charge in [0.1, 0.15) is 0 Å². The normalized spacial score (nSPS) is 14.3. The predicted molar refractivity (Wildman–Crippen MR) is 135 cm³/mol. The monoisotopic (exact) mass is 499 g/mol. The summed E-state index contributed by atoms with van der Waals surface area (Å²) < 4.78 is 11.3. The van der Waals surface area contributed by atoms with E-state index in [1.165, 1.54) is 7.11 Å². The van der Waals surface area contributed by atoms with Gasteiger partial charge in [0.15, 0.2) is 22.4 Å². The number of nitrogens with one attached hydrogen (secondary N) is 1. The van der Waals surface area contributed by atoms with E-state index >= 15 is 0 Å². The van der Waals surface area contributed by atoms with Gasteiger partial charge in [0.2, 0.25) is 0 Å². The molecule has 8 nitrogen and oxygen atoms in total. The standard InChI is InChI=1S/C24H25N3O5S2/c1-4-26(5-2)21(28)15-32-18-12-11-16(13-19(18)31-3)14-20-23(30)27(24(33)34-20)25-22(29)17-9-7-6-8-10-17/h6-14H,4-5,15H2,1-3H3,(H,25,29)/b20-14+. The number of thiocarbonyl (C=S) groups is 1. The number of carbonyl (C=O) groups is 3. The van der Waals surface area contributed by atoms with Gasteiger partial charge in [-0.1, -0.05) is 36.0 Å². The summed E-state index contributed by atoms with van der Waals surface area (Å²) in [6.07, 6.45) is 1.65. The van der Waals surface area contributed by atoms with Crippen molar-refractivity contribution in [3.8, 4) is 11.5 Å². The Balaban J connectivity index is 1.71. The van der Waals surface area contributed by atoms with E-state index in [9.17, 15) is 14.4 Å². The Morgan fingerprint density at radius 3 is 2.47 bits per heavy atom. The summed E-state index contributed by atoms with van der Waals surface area (Å²) in [7, 11) is 1.50. The Morgan fingerprint density at radius 1 is 1.12 bits per heavy atom. The molecule has 0 atom stereocenters. The zero-order chi connectivity index (χ0) is 24.7. The molecule has 0 radical (unpaired) electrons. The summed E-state index contributed by atoms with van der Waals surface area (Å²) in [5, 5.41) is 1.06. The number of methoxy groups -OCH3 is 1. The van der Waals surface area contributed by atoms with Crippen molar-refractivity contribution in [2.75, 3.05) is 26.8 Å². The van der Waals surface area contributed by atoms with Crippen LogP contribution in [-0.4, -0.2) is 58.8 Å². The highest BCUT2D eigenvalue weighted by atomic mass is 32.2. The van der Waals surface area contributed by atoms with E-state index in [0.29, 0.717) is 40.6 Å². The highest BCUT2D eigenvalue weighted by Crippen LogP contribution is 2.34. The molecular weight excluding hydrogens is 474 g/mol. The molecule has 1 aliphatic rings. The number of ether oxygens (including phenoxy) is 2. The first-order valence-corrected chi connectivity index (χ1v) is 11.8. The van der Waals surface area contributed by atoms with E-state index in [4.69, 9.17) is 21.7 Å². The van der Waals surface area contributed by atoms with Crippen LogP contribution in [0.5, 0.6) is 11.5 Å². The van der Waals surface area contributed by atoms with Crippen LogP contribution in [0.25, 0.3) is 6.08 Å². The van der Waals surface area contributed by atoms with E-state index in [2.05, 4.69) is 5.43 Å². The molecule has 1 aliphatic heterocycles. The number of amides is 3. The zero-order valence-electron chi connectivity index (χ0n) is 19.1. The lowest BCUT2D eigenvalue weighted by Gasteiger charge is -2.19. The summed E-state index contributed by atoms with van der Waals surface area (Å²) in [6, 6.07) is 13.7. The van der Waals surface area contributed by atoms with E-state index in [1.807, 2.05) is 13.8 Å². The molecule has 2 aromatic carbocycles. The van der Waals surface area contributed by atoms with Gasteiger partial charge in [-0.3, -0.25) is 19.8 Å². The lowest BCUT2D eigenvalue weighted by molar-refractivity contribution is -0.133. The largest absolute Gasteiger partial charge is 0.493 e. The number of likely N-dealkylation sites (N-methyl/N-ethyl adjacent to an activating group) is 1. The molecule has 1 heterocycles. The van der Waals surface area contributed by atoms with Crippen molar-refractivity contribution in [2.24, 2.45) is 0 Å². The van der Waals surface area contributed by atoms with Crippen molar-refractivity contribution in [3.05, 3.63) is 64.6 Å². The minimum Gasteiger partial charge on any atom is -0.493 e. The Morgan fingerprint density at radius 2 is 1.82 bits per heavy atom. The van der Waals surface area contributed by atoms with E-state index in [-0.39, 0.29) is 16.8 Å². The third-order valence-corrected chi connectivity index (χ3v) is 6.30. The van der Waals surface area contributed by atoms with Crippen LogP contribution in [0.2, 0.25) is 0 Å². The fraction of sp³-hybridized carbons (Fsp3) is 0.250. The van der Waals surface area contributed by atoms with Gasteiger partial charge in [-0.25, -0.2) is 0 Å². The quantitative estimate of drug-likeness (QED) is 0.417. The van der Waals surface area contributed by atoms with Gasteiger partial charge in [0, 0.05) is 18.7 Å². The van der Waals surface area contributed by atoms with Crippen molar-refractivity contribution < 1.29 is 23.9 Å². The molecular formula is C24H25N3O5S2. The molecule has 178 valence electrons. The smallest absolute Gasteiger partial charge is 0.285 e. The second-order valence-corrected chi connectivity index (χ2v) is 8.76. The van der Waals surface area contributed by atoms with Crippen LogP contribution in [0.3, 0.4) is 0 Å². The maximum atomic E-state index is 12.8. The first kappa shape index (κ1) is 25.3. The van der Waals surface area contributed by atoms with E-state index in [0.717, 1.165) is 16.8 Å². The number of benzene rings is 2. The minimum absolute atomic E-state index is 0.100. The third-order valence-electron chi connectivity index (χ3n) is 5.00. The number of carbonyl (C=O) groups excluding carboxylic acids is 3. The molecule has 0 spiro atoms. The molecule has 0 aromatic heterocycles. The number of hydrogen-bond acceptors (Lipinski definition) is 7. The topological polar surface area (TPSA) is 88.2 Å². The molecule has 3 rings (SSSR count). The van der Waals surface area contributed by atoms with Gasteiger partial charge >= 0.3 is 0 Å². The van der Waals surface area contributed by atoms with Crippen molar-refractivity contribution in [2.45, 2.75) is 13.8 Å². The fourth-order valence-corrected chi connectivity index (χ4v) is 4.35. The predicted octanol–water partition coefficient (Wildman–Crippen LogP) is 3.49. The molecule has 10 heteroatoms. The highest BCUT2D eigenvalue weighted by molar-refractivity contribution is 8.26. The first-order valence-electron chi connectivity index (χ1n) is 10.6. The molecule has 0 bridgehead atoms. The molecule has 1 saturated heterocycles. The lowest BCUT2D eigenvalue weighted by Crippen LogP contribution is -2.44. The molecule has 0 unspecified atom stereocenters. The van der Waals surface area contributed by atoms with Crippen LogP contribution in [0.1, 0.15) is 29.8 Å². The number of hydrazine groups is 1. The second kappa shape index (κ2) is 11.7. The average Bonchev–Trinajstić information content (AvgIpc) is 3.11. The van der Waals surface area contributed by atoms with Crippen LogP contribution in [0.15, 0.2) is 53.4 Å². The summed E-state index contributed by atoms with van der Waals surface area (Å²) in [4.78, 5) is 39.5. The van der Waals surface area contributed by atoms with Gasteiger partial charge in [-0.05, 0) is 62.0 Å². The summed E-state index contributed by atoms with van der Waals surface area (Å²) in [5.41, 5.74) is 3.64. The van der Waals surface area contributed by atoms with E-state index in [1.54, 1.807) is 59.5 Å². The third kappa shape index (κ3) is 5.95. The maximum absolute atomic E-state index is 12.8. The summed E-state index contributed by atoms with van der Waals surface area (Å²) >= 11 is 6.37. The molecule has 0 saturated carbocycles. The maximum Gasteiger partial charge on any atom is 0.285 e. The van der Waals surface area contributed by atoms with Gasteiger partial charge in [0.25, 0.3) is 17.7 Å². The van der Waals surface area contributed by atoms with Crippen LogP contribution < -0.4 is 14.9 Å². The first-order chi connectivity index (χ1) is 16.4. The fourth-order valence-electron chi connectivity index (χ4n) is 3.17. The summed E-state index contributed by atoms with van der Waals surface area (Å²) in [5.74, 6) is -0.127. The van der Waals surface area contributed by atoms with Gasteiger partial charge in [0.05, 0.1) is 12.0 Å². The Labute approximate surface area is 207 Å².